The Bertz CT molecular complexity index is 1330. The standard InChI is InChI=1S/C25H22N4O3/c1-3-28-14-20-24(27-28)32-23-19(12-18-10-9-16(2)11-21(18)26-23)22(15-30)29(25(20)31)13-17-7-5-4-6-8-17/h4-12,14-15,22H,3,13H2,1-2H3. The molecule has 0 spiro atoms. The van der Waals surface area contributed by atoms with Gasteiger partial charge in [0.15, 0.2) is 0 Å². The summed E-state index contributed by atoms with van der Waals surface area (Å²) in [7, 11) is 0. The molecule has 2 aromatic heterocycles. The lowest BCUT2D eigenvalue weighted by molar-refractivity contribution is -0.112. The number of hydrogen-bond acceptors (Lipinski definition) is 5. The molecule has 32 heavy (non-hydrogen) atoms. The van der Waals surface area contributed by atoms with Crippen molar-refractivity contribution in [3.8, 4) is 11.8 Å². The van der Waals surface area contributed by atoms with E-state index < -0.39 is 6.04 Å². The minimum absolute atomic E-state index is 0.194. The second-order valence-corrected chi connectivity index (χ2v) is 7.88. The van der Waals surface area contributed by atoms with Gasteiger partial charge in [-0.25, -0.2) is 4.98 Å². The van der Waals surface area contributed by atoms with Crippen molar-refractivity contribution in [1.29, 1.82) is 0 Å². The van der Waals surface area contributed by atoms with Crippen molar-refractivity contribution < 1.29 is 14.3 Å². The number of aldehydes is 1. The van der Waals surface area contributed by atoms with E-state index in [4.69, 9.17) is 9.72 Å². The summed E-state index contributed by atoms with van der Waals surface area (Å²) >= 11 is 0. The number of amides is 1. The Morgan fingerprint density at radius 2 is 1.91 bits per heavy atom. The van der Waals surface area contributed by atoms with Crippen LogP contribution in [0.4, 0.5) is 0 Å². The smallest absolute Gasteiger partial charge is 0.262 e. The summed E-state index contributed by atoms with van der Waals surface area (Å²) in [5.41, 5.74) is 3.60. The molecule has 1 aliphatic heterocycles. The molecule has 0 fully saturated rings. The fourth-order valence-electron chi connectivity index (χ4n) is 3.99. The minimum Gasteiger partial charge on any atom is -0.418 e. The highest BCUT2D eigenvalue weighted by atomic mass is 16.5. The molecule has 2 aromatic carbocycles. The molecule has 1 unspecified atom stereocenters. The molecule has 0 bridgehead atoms. The number of hydrogen-bond donors (Lipinski definition) is 0. The number of nitrogens with zero attached hydrogens (tertiary/aromatic N) is 4. The molecule has 0 aliphatic carbocycles. The van der Waals surface area contributed by atoms with Gasteiger partial charge in [-0.2, -0.15) is 0 Å². The van der Waals surface area contributed by atoms with Crippen molar-refractivity contribution in [3.63, 3.8) is 0 Å². The predicted molar refractivity (Wildman–Crippen MR) is 120 cm³/mol. The Morgan fingerprint density at radius 3 is 2.66 bits per heavy atom. The maximum Gasteiger partial charge on any atom is 0.262 e. The van der Waals surface area contributed by atoms with E-state index in [1.807, 2.05) is 68.4 Å². The van der Waals surface area contributed by atoms with E-state index >= 15 is 0 Å². The highest BCUT2D eigenvalue weighted by Gasteiger charge is 2.35. The lowest BCUT2D eigenvalue weighted by Gasteiger charge is -2.31. The van der Waals surface area contributed by atoms with Crippen LogP contribution in [0, 0.1) is 6.92 Å². The Balaban J connectivity index is 1.73. The predicted octanol–water partition coefficient (Wildman–Crippen LogP) is 4.45. The number of fused-ring (bicyclic) bond motifs is 3. The van der Waals surface area contributed by atoms with Crippen LogP contribution in [0.3, 0.4) is 0 Å². The van der Waals surface area contributed by atoms with Crippen LogP contribution in [-0.2, 0) is 17.9 Å². The van der Waals surface area contributed by atoms with E-state index in [0.29, 0.717) is 17.7 Å². The first-order valence-corrected chi connectivity index (χ1v) is 10.5. The fourth-order valence-corrected chi connectivity index (χ4v) is 3.99. The molecule has 1 aliphatic rings. The zero-order valence-corrected chi connectivity index (χ0v) is 17.9. The van der Waals surface area contributed by atoms with E-state index in [2.05, 4.69) is 5.10 Å². The molecule has 0 saturated carbocycles. The summed E-state index contributed by atoms with van der Waals surface area (Å²) in [6.07, 6.45) is 2.44. The van der Waals surface area contributed by atoms with Crippen molar-refractivity contribution in [1.82, 2.24) is 19.7 Å². The number of carbonyl (C=O) groups is 2. The van der Waals surface area contributed by atoms with Gasteiger partial charge in [-0.3, -0.25) is 9.48 Å². The first-order valence-electron chi connectivity index (χ1n) is 10.5. The van der Waals surface area contributed by atoms with E-state index in [9.17, 15) is 9.59 Å². The van der Waals surface area contributed by atoms with Gasteiger partial charge in [0, 0.05) is 30.2 Å². The Hall–Kier alpha value is -4.00. The Morgan fingerprint density at radius 1 is 1.09 bits per heavy atom. The summed E-state index contributed by atoms with van der Waals surface area (Å²) in [6, 6.07) is 16.5. The quantitative estimate of drug-likeness (QED) is 0.451. The van der Waals surface area contributed by atoms with Gasteiger partial charge >= 0.3 is 0 Å². The molecular formula is C25H22N4O3. The average Bonchev–Trinajstić information content (AvgIpc) is 3.21. The third-order valence-corrected chi connectivity index (χ3v) is 5.68. The summed E-state index contributed by atoms with van der Waals surface area (Å²) in [4.78, 5) is 32.3. The van der Waals surface area contributed by atoms with E-state index in [1.54, 1.807) is 15.8 Å². The highest BCUT2D eigenvalue weighted by molar-refractivity contribution is 5.98. The Kier molecular flexibility index (Phi) is 4.93. The van der Waals surface area contributed by atoms with Gasteiger partial charge < -0.3 is 14.4 Å². The lowest BCUT2D eigenvalue weighted by Crippen LogP contribution is -2.36. The van der Waals surface area contributed by atoms with Crippen LogP contribution in [0.2, 0.25) is 0 Å². The van der Waals surface area contributed by atoms with E-state index in [1.165, 1.54) is 0 Å². The van der Waals surface area contributed by atoms with Crippen molar-refractivity contribution in [2.24, 2.45) is 0 Å². The molecule has 4 aromatic rings. The number of carbonyl (C=O) groups excluding carboxylic acids is 2. The van der Waals surface area contributed by atoms with Crippen molar-refractivity contribution in [3.05, 3.63) is 83.0 Å². The summed E-state index contributed by atoms with van der Waals surface area (Å²) in [5.74, 6) is 0.170. The highest BCUT2D eigenvalue weighted by Crippen LogP contribution is 2.38. The molecule has 0 N–H and O–H groups in total. The van der Waals surface area contributed by atoms with Crippen LogP contribution in [0.25, 0.3) is 10.9 Å². The summed E-state index contributed by atoms with van der Waals surface area (Å²) in [6.45, 7) is 4.78. The SMILES string of the molecule is CCn1cc2c(n1)Oc1nc3cc(C)ccc3cc1C(C=O)N(Cc1ccccc1)C2=O. The molecule has 1 amide bonds. The van der Waals surface area contributed by atoms with Gasteiger partial charge in [0.1, 0.15) is 17.9 Å². The van der Waals surface area contributed by atoms with Gasteiger partial charge in [-0.05, 0) is 37.1 Å². The summed E-state index contributed by atoms with van der Waals surface area (Å²) in [5, 5.41) is 5.30. The molecular weight excluding hydrogens is 404 g/mol. The first-order chi connectivity index (χ1) is 15.6. The molecule has 1 atom stereocenters. The zero-order valence-electron chi connectivity index (χ0n) is 17.9. The van der Waals surface area contributed by atoms with Crippen molar-refractivity contribution in [2.45, 2.75) is 33.0 Å². The van der Waals surface area contributed by atoms with E-state index in [0.717, 1.165) is 28.3 Å². The number of benzene rings is 2. The second kappa shape index (κ2) is 7.92. The average molecular weight is 426 g/mol. The molecule has 7 nitrogen and oxygen atoms in total. The minimum atomic E-state index is -0.853. The molecule has 3 heterocycles. The Labute approximate surface area is 185 Å². The normalized spacial score (nSPS) is 15.5. The van der Waals surface area contributed by atoms with Crippen molar-refractivity contribution >= 4 is 23.1 Å². The largest absolute Gasteiger partial charge is 0.418 e. The van der Waals surface area contributed by atoms with Crippen LogP contribution < -0.4 is 4.74 Å². The molecule has 160 valence electrons. The number of aryl methyl sites for hydroxylation is 2. The van der Waals surface area contributed by atoms with Gasteiger partial charge in [-0.1, -0.05) is 42.5 Å². The molecule has 0 radical (unpaired) electrons. The van der Waals surface area contributed by atoms with E-state index in [-0.39, 0.29) is 24.2 Å². The maximum atomic E-state index is 13.6. The zero-order chi connectivity index (χ0) is 22.2. The fraction of sp³-hybridized carbons (Fsp3) is 0.200. The first kappa shape index (κ1) is 19.9. The monoisotopic (exact) mass is 426 g/mol. The second-order valence-electron chi connectivity index (χ2n) is 7.88. The molecule has 7 heteroatoms. The van der Waals surface area contributed by atoms with Crippen LogP contribution in [0.15, 0.2) is 60.8 Å². The number of aromatic nitrogens is 3. The van der Waals surface area contributed by atoms with Crippen LogP contribution >= 0.6 is 0 Å². The topological polar surface area (TPSA) is 77.3 Å². The van der Waals surface area contributed by atoms with Crippen molar-refractivity contribution in [2.75, 3.05) is 0 Å². The van der Waals surface area contributed by atoms with Crippen LogP contribution in [0.5, 0.6) is 11.8 Å². The molecule has 5 rings (SSSR count). The van der Waals surface area contributed by atoms with Crippen LogP contribution in [-0.4, -0.2) is 31.9 Å². The van der Waals surface area contributed by atoms with Gasteiger partial charge in [-0.15, -0.1) is 5.10 Å². The third-order valence-electron chi connectivity index (χ3n) is 5.68. The van der Waals surface area contributed by atoms with Gasteiger partial charge in [0.25, 0.3) is 11.8 Å². The number of pyridine rings is 1. The van der Waals surface area contributed by atoms with Gasteiger partial charge in [0.2, 0.25) is 5.88 Å². The van der Waals surface area contributed by atoms with Gasteiger partial charge in [0.05, 0.1) is 5.52 Å². The maximum absolute atomic E-state index is 13.6. The number of rotatable bonds is 4. The lowest BCUT2D eigenvalue weighted by atomic mass is 10.0. The summed E-state index contributed by atoms with van der Waals surface area (Å²) < 4.78 is 7.71. The molecule has 0 saturated heterocycles. The third kappa shape index (κ3) is 3.41. The van der Waals surface area contributed by atoms with Crippen LogP contribution in [0.1, 0.15) is 40.0 Å². The number of ether oxygens (including phenoxy) is 1.